The molecule has 0 spiro atoms. The van der Waals surface area contributed by atoms with Crippen LogP contribution in [0.1, 0.15) is 63.4 Å². The summed E-state index contributed by atoms with van der Waals surface area (Å²) in [5.41, 5.74) is 11.0. The van der Waals surface area contributed by atoms with Crippen molar-refractivity contribution in [2.75, 3.05) is 0 Å². The molecule has 2 aromatic heterocycles. The molecular formula is C20H27N5S. The first-order valence-electron chi connectivity index (χ1n) is 9.20. The van der Waals surface area contributed by atoms with E-state index >= 15 is 0 Å². The minimum atomic E-state index is 0.0501. The maximum absolute atomic E-state index is 4.78. The predicted octanol–water partition coefficient (Wildman–Crippen LogP) is 4.99. The third-order valence-corrected chi connectivity index (χ3v) is 5.06. The Bertz CT molecular complexity index is 810. The van der Waals surface area contributed by atoms with Crippen LogP contribution in [0.5, 0.6) is 0 Å². The number of hydrogen-bond donors (Lipinski definition) is 3. The molecule has 0 radical (unpaired) electrons. The number of imidazole rings is 1. The fourth-order valence-electron chi connectivity index (χ4n) is 2.75. The molecule has 1 aliphatic heterocycles. The van der Waals surface area contributed by atoms with Crippen LogP contribution in [-0.4, -0.2) is 15.0 Å². The van der Waals surface area contributed by atoms with E-state index in [-0.39, 0.29) is 6.04 Å². The van der Waals surface area contributed by atoms with Gasteiger partial charge in [-0.3, -0.25) is 0 Å². The number of thiazole rings is 1. The third-order valence-electron chi connectivity index (χ3n) is 4.19. The molecule has 6 heteroatoms. The molecule has 0 aromatic carbocycles. The number of H-pyrrole nitrogens is 1. The van der Waals surface area contributed by atoms with Crippen LogP contribution in [0.3, 0.4) is 0 Å². The Hall–Kier alpha value is -2.18. The van der Waals surface area contributed by atoms with Gasteiger partial charge >= 0.3 is 0 Å². The third kappa shape index (κ3) is 4.14. The first-order chi connectivity index (χ1) is 12.7. The van der Waals surface area contributed by atoms with Crippen LogP contribution in [0.25, 0.3) is 10.8 Å². The highest BCUT2D eigenvalue weighted by molar-refractivity contribution is 7.13. The summed E-state index contributed by atoms with van der Waals surface area (Å²) in [7, 11) is 0. The van der Waals surface area contributed by atoms with Crippen LogP contribution in [-0.2, 0) is 0 Å². The van der Waals surface area contributed by atoms with Crippen molar-refractivity contribution in [3.8, 4) is 10.8 Å². The predicted molar refractivity (Wildman–Crippen MR) is 109 cm³/mol. The zero-order chi connectivity index (χ0) is 18.5. The highest BCUT2D eigenvalue weighted by Gasteiger charge is 2.27. The van der Waals surface area contributed by atoms with Crippen molar-refractivity contribution in [2.24, 2.45) is 0 Å². The highest BCUT2D eigenvalue weighted by Crippen LogP contribution is 2.40. The topological polar surface area (TPSA) is 65.6 Å². The SMILES string of the molecule is C=C/C=C\C1=C(C)NNC1c1csc(-c2ncc(C3CC3)[nH]2)n1.CCC. The molecule has 1 fully saturated rings. The summed E-state index contributed by atoms with van der Waals surface area (Å²) in [4.78, 5) is 12.7. The molecule has 1 unspecified atom stereocenters. The fraction of sp³-hybridized carbons (Fsp3) is 0.400. The molecule has 2 aliphatic rings. The lowest BCUT2D eigenvalue weighted by Crippen LogP contribution is -2.26. The van der Waals surface area contributed by atoms with Crippen LogP contribution in [0, 0.1) is 0 Å². The Morgan fingerprint density at radius 3 is 2.81 bits per heavy atom. The summed E-state index contributed by atoms with van der Waals surface area (Å²) in [6, 6.07) is 0.0501. The van der Waals surface area contributed by atoms with Crippen LogP contribution >= 0.6 is 11.3 Å². The number of aromatic amines is 1. The molecule has 1 atom stereocenters. The number of nitrogens with zero attached hydrogens (tertiary/aromatic N) is 2. The van der Waals surface area contributed by atoms with Crippen molar-refractivity contribution >= 4 is 11.3 Å². The molecule has 3 N–H and O–H groups in total. The Labute approximate surface area is 159 Å². The number of allylic oxidation sites excluding steroid dienone is 3. The lowest BCUT2D eigenvalue weighted by molar-refractivity contribution is 0.582. The van der Waals surface area contributed by atoms with Crippen molar-refractivity contribution in [2.45, 2.75) is 52.0 Å². The number of rotatable bonds is 5. The molecule has 138 valence electrons. The van der Waals surface area contributed by atoms with Gasteiger partial charge in [-0.05, 0) is 25.3 Å². The Balaban J connectivity index is 0.000000613. The molecule has 5 nitrogen and oxygen atoms in total. The largest absolute Gasteiger partial charge is 0.340 e. The second-order valence-electron chi connectivity index (χ2n) is 6.62. The Kier molecular flexibility index (Phi) is 6.06. The van der Waals surface area contributed by atoms with Crippen LogP contribution in [0.2, 0.25) is 0 Å². The molecule has 0 bridgehead atoms. The number of aromatic nitrogens is 3. The van der Waals surface area contributed by atoms with E-state index in [0.29, 0.717) is 5.92 Å². The smallest absolute Gasteiger partial charge is 0.166 e. The van der Waals surface area contributed by atoms with Crippen molar-refractivity contribution in [1.29, 1.82) is 0 Å². The highest BCUT2D eigenvalue weighted by atomic mass is 32.1. The van der Waals surface area contributed by atoms with E-state index in [1.807, 2.05) is 12.3 Å². The lowest BCUT2D eigenvalue weighted by atomic mass is 10.0. The molecule has 1 aliphatic carbocycles. The normalized spacial score (nSPS) is 19.4. The van der Waals surface area contributed by atoms with Gasteiger partial charge in [0.2, 0.25) is 0 Å². The van der Waals surface area contributed by atoms with Gasteiger partial charge < -0.3 is 10.4 Å². The number of hydrazine groups is 1. The Morgan fingerprint density at radius 1 is 1.35 bits per heavy atom. The van der Waals surface area contributed by atoms with Gasteiger partial charge in [0.05, 0.1) is 11.7 Å². The van der Waals surface area contributed by atoms with Gasteiger partial charge in [0.15, 0.2) is 10.8 Å². The molecule has 0 saturated heterocycles. The average molecular weight is 370 g/mol. The molecule has 0 amide bonds. The van der Waals surface area contributed by atoms with E-state index in [2.05, 4.69) is 59.6 Å². The summed E-state index contributed by atoms with van der Waals surface area (Å²) in [6.45, 7) is 10.0. The summed E-state index contributed by atoms with van der Waals surface area (Å²) < 4.78 is 0. The van der Waals surface area contributed by atoms with E-state index in [1.54, 1.807) is 17.4 Å². The quantitative estimate of drug-likeness (QED) is 0.650. The summed E-state index contributed by atoms with van der Waals surface area (Å²) in [6.07, 6.45) is 11.5. The van der Waals surface area contributed by atoms with Gasteiger partial charge in [-0.25, -0.2) is 15.4 Å². The lowest BCUT2D eigenvalue weighted by Gasteiger charge is -2.08. The van der Waals surface area contributed by atoms with E-state index in [0.717, 1.165) is 22.2 Å². The number of nitrogens with one attached hydrogen (secondary N) is 3. The molecule has 1 saturated carbocycles. The zero-order valence-electron chi connectivity index (χ0n) is 15.7. The molecule has 2 aromatic rings. The van der Waals surface area contributed by atoms with E-state index in [9.17, 15) is 0 Å². The zero-order valence-corrected chi connectivity index (χ0v) is 16.5. The monoisotopic (exact) mass is 369 g/mol. The minimum absolute atomic E-state index is 0.0501. The van der Waals surface area contributed by atoms with Crippen molar-refractivity contribution in [3.05, 3.63) is 59.0 Å². The van der Waals surface area contributed by atoms with Crippen molar-refractivity contribution in [1.82, 2.24) is 25.8 Å². The van der Waals surface area contributed by atoms with E-state index < -0.39 is 0 Å². The first kappa shape index (κ1) is 18.6. The van der Waals surface area contributed by atoms with Crippen LogP contribution in [0.15, 0.2) is 47.7 Å². The van der Waals surface area contributed by atoms with E-state index in [1.165, 1.54) is 30.5 Å². The van der Waals surface area contributed by atoms with Gasteiger partial charge in [-0.15, -0.1) is 11.3 Å². The molecule has 3 heterocycles. The van der Waals surface area contributed by atoms with Gasteiger partial charge in [0.1, 0.15) is 0 Å². The van der Waals surface area contributed by atoms with Gasteiger partial charge in [-0.1, -0.05) is 45.1 Å². The minimum Gasteiger partial charge on any atom is -0.340 e. The fourth-order valence-corrected chi connectivity index (χ4v) is 3.54. The van der Waals surface area contributed by atoms with Gasteiger partial charge in [0, 0.05) is 28.9 Å². The summed E-state index contributed by atoms with van der Waals surface area (Å²) in [5.74, 6) is 1.55. The standard InChI is InChI=1S/C17H19N5S.C3H8/c1-3-4-5-12-10(2)21-22-15(12)14-9-23-17(20-14)16-18-8-13(19-16)11-6-7-11;1-3-2/h3-5,8-9,11,15,21-22H,1,6-7H2,2H3,(H,18,19);3H2,1-2H3/b5-4-;. The summed E-state index contributed by atoms with van der Waals surface area (Å²) in [5, 5.41) is 3.03. The Morgan fingerprint density at radius 2 is 2.12 bits per heavy atom. The second kappa shape index (κ2) is 8.47. The van der Waals surface area contributed by atoms with Gasteiger partial charge in [-0.2, -0.15) is 0 Å². The molecular weight excluding hydrogens is 342 g/mol. The molecule has 26 heavy (non-hydrogen) atoms. The molecule has 4 rings (SSSR count). The van der Waals surface area contributed by atoms with Crippen molar-refractivity contribution < 1.29 is 0 Å². The van der Waals surface area contributed by atoms with Gasteiger partial charge in [0.25, 0.3) is 0 Å². The van der Waals surface area contributed by atoms with E-state index in [4.69, 9.17) is 4.98 Å². The van der Waals surface area contributed by atoms with Crippen molar-refractivity contribution in [3.63, 3.8) is 0 Å². The average Bonchev–Trinajstić information content (AvgIpc) is 3.04. The van der Waals surface area contributed by atoms with Crippen LogP contribution < -0.4 is 10.9 Å². The summed E-state index contributed by atoms with van der Waals surface area (Å²) >= 11 is 1.62. The maximum Gasteiger partial charge on any atom is 0.166 e. The second-order valence-corrected chi connectivity index (χ2v) is 7.48. The number of hydrogen-bond acceptors (Lipinski definition) is 5. The van der Waals surface area contributed by atoms with Crippen LogP contribution in [0.4, 0.5) is 0 Å². The first-order valence-corrected chi connectivity index (χ1v) is 10.1. The maximum atomic E-state index is 4.78.